The van der Waals surface area contributed by atoms with Gasteiger partial charge in [-0.2, -0.15) is 0 Å². The summed E-state index contributed by atoms with van der Waals surface area (Å²) in [6, 6.07) is 17.3. The largest absolute Gasteiger partial charge is 0.384 e. The van der Waals surface area contributed by atoms with E-state index in [2.05, 4.69) is 63.4 Å². The van der Waals surface area contributed by atoms with Crippen LogP contribution in [-0.4, -0.2) is 66.8 Å². The topological polar surface area (TPSA) is 47.6 Å². The van der Waals surface area contributed by atoms with Crippen LogP contribution in [0, 0.1) is 0 Å². The molecule has 1 saturated heterocycles. The van der Waals surface area contributed by atoms with E-state index in [1.807, 2.05) is 42.6 Å². The van der Waals surface area contributed by atoms with E-state index in [-0.39, 0.29) is 11.9 Å². The van der Waals surface area contributed by atoms with Gasteiger partial charge in [0.1, 0.15) is 0 Å². The molecule has 0 radical (unpaired) electrons. The van der Waals surface area contributed by atoms with Crippen molar-refractivity contribution in [1.82, 2.24) is 15.1 Å². The van der Waals surface area contributed by atoms with Crippen LogP contribution in [0.1, 0.15) is 47.8 Å². The average Bonchev–Trinajstić information content (AvgIpc) is 3.39. The molecule has 0 spiro atoms. The van der Waals surface area contributed by atoms with Crippen molar-refractivity contribution >= 4 is 23.4 Å². The van der Waals surface area contributed by atoms with Gasteiger partial charge in [-0.15, -0.1) is 11.8 Å². The molecule has 0 aromatic heterocycles. The molecule has 1 amide bonds. The van der Waals surface area contributed by atoms with Gasteiger partial charge in [-0.25, -0.2) is 0 Å². The number of thioether (sulfide) groups is 1. The van der Waals surface area contributed by atoms with Crippen molar-refractivity contribution in [3.8, 4) is 0 Å². The quantitative estimate of drug-likeness (QED) is 0.568. The Morgan fingerprint density at radius 2 is 1.88 bits per heavy atom. The smallest absolute Gasteiger partial charge is 0.253 e. The Kier molecular flexibility index (Phi) is 8.48. The maximum Gasteiger partial charge on any atom is 0.253 e. The van der Waals surface area contributed by atoms with Crippen molar-refractivity contribution in [2.24, 2.45) is 0 Å². The molecule has 1 fully saturated rings. The second kappa shape index (κ2) is 11.7. The lowest BCUT2D eigenvalue weighted by Crippen LogP contribution is -2.45. The number of benzene rings is 2. The molecule has 2 unspecified atom stereocenters. The molecule has 0 bridgehead atoms. The number of carbonyl (C=O) groups is 1. The molecular formula is C27H36N4OS. The molecule has 0 aliphatic carbocycles. The highest BCUT2D eigenvalue weighted by molar-refractivity contribution is 8.03. The third-order valence-electron chi connectivity index (χ3n) is 6.54. The van der Waals surface area contributed by atoms with Crippen LogP contribution in [0.5, 0.6) is 0 Å². The van der Waals surface area contributed by atoms with Crippen molar-refractivity contribution in [1.29, 1.82) is 0 Å². The minimum Gasteiger partial charge on any atom is -0.384 e. The number of allylic oxidation sites excluding steroid dienone is 1. The number of nitrogens with one attached hydrogen (secondary N) is 2. The van der Waals surface area contributed by atoms with E-state index in [0.717, 1.165) is 57.8 Å². The summed E-state index contributed by atoms with van der Waals surface area (Å²) in [6.07, 6.45) is 3.39. The molecular weight excluding hydrogens is 428 g/mol. The molecule has 4 rings (SSSR count). The number of amides is 1. The van der Waals surface area contributed by atoms with E-state index in [1.54, 1.807) is 0 Å². The van der Waals surface area contributed by atoms with Crippen LogP contribution >= 0.6 is 11.8 Å². The molecule has 33 heavy (non-hydrogen) atoms. The zero-order chi connectivity index (χ0) is 23.0. The molecule has 2 aromatic carbocycles. The van der Waals surface area contributed by atoms with Crippen molar-refractivity contribution in [2.45, 2.75) is 31.6 Å². The lowest BCUT2D eigenvalue weighted by Gasteiger charge is -2.36. The van der Waals surface area contributed by atoms with Crippen LogP contribution in [0.2, 0.25) is 0 Å². The van der Waals surface area contributed by atoms with Crippen LogP contribution in [0.25, 0.3) is 0 Å². The predicted molar refractivity (Wildman–Crippen MR) is 140 cm³/mol. The maximum absolute atomic E-state index is 12.8. The van der Waals surface area contributed by atoms with Crippen LogP contribution in [0.15, 0.2) is 60.0 Å². The first-order valence-corrected chi connectivity index (χ1v) is 13.1. The first-order chi connectivity index (χ1) is 16.2. The second-order valence-electron chi connectivity index (χ2n) is 8.66. The number of hydrogen-bond acceptors (Lipinski definition) is 5. The van der Waals surface area contributed by atoms with Gasteiger partial charge in [0, 0.05) is 62.3 Å². The van der Waals surface area contributed by atoms with Crippen molar-refractivity contribution in [3.05, 3.63) is 76.7 Å². The standard InChI is InChI=1S/C27H36N4OS/c1-3-30(4-2)27(32)22-12-10-21(11-13-22)26(31-16-14-28-15-17-31)23-7-5-8-24(19-23)29-20-25-9-6-18-33-25/h5-8,10-13,18-19,25-26,28-29H,3-4,9,14-17,20H2,1-2H3. The van der Waals surface area contributed by atoms with E-state index in [4.69, 9.17) is 0 Å². The van der Waals surface area contributed by atoms with Gasteiger partial charge < -0.3 is 15.5 Å². The molecule has 2 N–H and O–H groups in total. The van der Waals surface area contributed by atoms with Gasteiger partial charge in [-0.05, 0) is 61.1 Å². The predicted octanol–water partition coefficient (Wildman–Crippen LogP) is 4.59. The lowest BCUT2D eigenvalue weighted by molar-refractivity contribution is 0.0773. The zero-order valence-electron chi connectivity index (χ0n) is 19.8. The molecule has 2 atom stereocenters. The van der Waals surface area contributed by atoms with E-state index >= 15 is 0 Å². The highest BCUT2D eigenvalue weighted by atomic mass is 32.2. The van der Waals surface area contributed by atoms with E-state index in [1.165, 1.54) is 16.8 Å². The highest BCUT2D eigenvalue weighted by Gasteiger charge is 2.25. The Morgan fingerprint density at radius 1 is 1.12 bits per heavy atom. The molecule has 2 aliphatic heterocycles. The number of rotatable bonds is 9. The molecule has 2 aromatic rings. The Hall–Kier alpha value is -2.28. The minimum absolute atomic E-state index is 0.107. The average molecular weight is 465 g/mol. The Morgan fingerprint density at radius 3 is 2.55 bits per heavy atom. The van der Waals surface area contributed by atoms with E-state index < -0.39 is 0 Å². The molecule has 2 aliphatic rings. The van der Waals surface area contributed by atoms with Gasteiger partial charge in [0.05, 0.1) is 6.04 Å². The normalized spacial score (nSPS) is 19.4. The summed E-state index contributed by atoms with van der Waals surface area (Å²) in [5.41, 5.74) is 4.47. The summed E-state index contributed by atoms with van der Waals surface area (Å²) in [7, 11) is 0. The van der Waals surface area contributed by atoms with Gasteiger partial charge >= 0.3 is 0 Å². The maximum atomic E-state index is 12.8. The lowest BCUT2D eigenvalue weighted by atomic mass is 9.95. The summed E-state index contributed by atoms with van der Waals surface area (Å²) in [5, 5.41) is 9.94. The van der Waals surface area contributed by atoms with E-state index in [9.17, 15) is 4.79 Å². The number of anilines is 1. The SMILES string of the molecule is CCN(CC)C(=O)c1ccc(C(c2cccc(NCC3CC=CS3)c2)N2CCNCC2)cc1. The molecule has 2 heterocycles. The Bertz CT molecular complexity index is 927. The third-order valence-corrected chi connectivity index (χ3v) is 7.64. The number of hydrogen-bond donors (Lipinski definition) is 2. The summed E-state index contributed by atoms with van der Waals surface area (Å²) in [5.74, 6) is 0.107. The van der Waals surface area contributed by atoms with Gasteiger partial charge in [0.25, 0.3) is 5.91 Å². The van der Waals surface area contributed by atoms with Gasteiger partial charge in [-0.1, -0.05) is 30.3 Å². The first-order valence-electron chi connectivity index (χ1n) is 12.2. The molecule has 176 valence electrons. The number of piperazine rings is 1. The van der Waals surface area contributed by atoms with E-state index in [0.29, 0.717) is 5.25 Å². The summed E-state index contributed by atoms with van der Waals surface area (Å²) in [4.78, 5) is 17.2. The number of carbonyl (C=O) groups excluding carboxylic acids is 1. The summed E-state index contributed by atoms with van der Waals surface area (Å²) in [6.45, 7) is 10.5. The van der Waals surface area contributed by atoms with Crippen LogP contribution in [0.3, 0.4) is 0 Å². The summed E-state index contributed by atoms with van der Waals surface area (Å²) < 4.78 is 0. The second-order valence-corrected chi connectivity index (χ2v) is 9.87. The Balaban J connectivity index is 1.56. The van der Waals surface area contributed by atoms with Gasteiger partial charge in [-0.3, -0.25) is 9.69 Å². The van der Waals surface area contributed by atoms with Crippen molar-refractivity contribution < 1.29 is 4.79 Å². The summed E-state index contributed by atoms with van der Waals surface area (Å²) >= 11 is 1.91. The van der Waals surface area contributed by atoms with Gasteiger partial charge in [0.15, 0.2) is 0 Å². The highest BCUT2D eigenvalue weighted by Crippen LogP contribution is 2.31. The fourth-order valence-corrected chi connectivity index (χ4v) is 5.51. The minimum atomic E-state index is 0.107. The first kappa shape index (κ1) is 23.9. The van der Waals surface area contributed by atoms with Crippen LogP contribution in [-0.2, 0) is 0 Å². The monoisotopic (exact) mass is 464 g/mol. The third kappa shape index (κ3) is 5.99. The fraction of sp³-hybridized carbons (Fsp3) is 0.444. The Labute approximate surface area is 202 Å². The number of nitrogens with zero attached hydrogens (tertiary/aromatic N) is 2. The molecule has 6 heteroatoms. The van der Waals surface area contributed by atoms with Crippen LogP contribution in [0.4, 0.5) is 5.69 Å². The van der Waals surface area contributed by atoms with Crippen LogP contribution < -0.4 is 10.6 Å². The van der Waals surface area contributed by atoms with Crippen molar-refractivity contribution in [3.63, 3.8) is 0 Å². The fourth-order valence-electron chi connectivity index (χ4n) is 4.67. The van der Waals surface area contributed by atoms with Gasteiger partial charge in [0.2, 0.25) is 0 Å². The molecule has 5 nitrogen and oxygen atoms in total. The zero-order valence-corrected chi connectivity index (χ0v) is 20.6. The molecule has 0 saturated carbocycles. The van der Waals surface area contributed by atoms with Crippen molar-refractivity contribution in [2.75, 3.05) is 51.1 Å².